The molecule has 1 aliphatic rings. The Balaban J connectivity index is 1.55. The van der Waals surface area contributed by atoms with E-state index in [0.29, 0.717) is 11.7 Å². The molecule has 3 aromatic rings. The van der Waals surface area contributed by atoms with Gasteiger partial charge in [-0.2, -0.15) is 4.98 Å². The minimum absolute atomic E-state index is 0.467. The predicted octanol–water partition coefficient (Wildman–Crippen LogP) is 2.47. The number of hydrogen-bond acceptors (Lipinski definition) is 7. The maximum Gasteiger partial charge on any atom is 0.263 e. The summed E-state index contributed by atoms with van der Waals surface area (Å²) in [7, 11) is 0. The van der Waals surface area contributed by atoms with Gasteiger partial charge in [0.1, 0.15) is 17.7 Å². The molecule has 0 unspecified atom stereocenters. The molecule has 128 valence electrons. The third-order valence-electron chi connectivity index (χ3n) is 4.48. The Morgan fingerprint density at radius 2 is 1.76 bits per heavy atom. The molecule has 0 radical (unpaired) electrons. The molecular formula is C18H20N6O. The lowest BCUT2D eigenvalue weighted by Gasteiger charge is -2.37. The first-order valence-corrected chi connectivity index (χ1v) is 8.38. The Kier molecular flexibility index (Phi) is 4.05. The highest BCUT2D eigenvalue weighted by Crippen LogP contribution is 2.28. The lowest BCUT2D eigenvalue weighted by molar-refractivity contribution is 0.425. The van der Waals surface area contributed by atoms with E-state index >= 15 is 0 Å². The summed E-state index contributed by atoms with van der Waals surface area (Å²) >= 11 is 0. The minimum atomic E-state index is 0.467. The summed E-state index contributed by atoms with van der Waals surface area (Å²) in [5.74, 6) is 1.92. The van der Waals surface area contributed by atoms with Crippen LogP contribution < -0.4 is 9.80 Å². The van der Waals surface area contributed by atoms with Gasteiger partial charge >= 0.3 is 0 Å². The average Bonchev–Trinajstić information content (AvgIpc) is 3.09. The second kappa shape index (κ2) is 6.51. The van der Waals surface area contributed by atoms with Crippen LogP contribution in [0.25, 0.3) is 11.5 Å². The van der Waals surface area contributed by atoms with E-state index in [1.54, 1.807) is 19.4 Å². The summed E-state index contributed by atoms with van der Waals surface area (Å²) in [5.41, 5.74) is 3.39. The normalized spacial score (nSPS) is 14.8. The summed E-state index contributed by atoms with van der Waals surface area (Å²) < 4.78 is 5.31. The molecule has 4 rings (SSSR count). The third kappa shape index (κ3) is 3.05. The quantitative estimate of drug-likeness (QED) is 0.727. The molecule has 1 aromatic carbocycles. The van der Waals surface area contributed by atoms with Gasteiger partial charge < -0.3 is 14.3 Å². The number of aryl methyl sites for hydroxylation is 2. The fourth-order valence-corrected chi connectivity index (χ4v) is 3.21. The fraction of sp³-hybridized carbons (Fsp3) is 0.333. The van der Waals surface area contributed by atoms with E-state index < -0.39 is 0 Å². The number of rotatable bonds is 3. The van der Waals surface area contributed by atoms with Crippen molar-refractivity contribution in [2.45, 2.75) is 13.8 Å². The molecule has 0 atom stereocenters. The molecule has 7 nitrogen and oxygen atoms in total. The van der Waals surface area contributed by atoms with Crippen LogP contribution in [0.5, 0.6) is 0 Å². The maximum atomic E-state index is 5.31. The van der Waals surface area contributed by atoms with Crippen molar-refractivity contribution in [1.29, 1.82) is 0 Å². The minimum Gasteiger partial charge on any atom is -0.368 e. The standard InChI is InChI=1S/C18H20N6O/c1-13-5-3-4-6-16(13)23-7-9-24(10-8-23)17-15(11-19-12-20-17)18-21-14(2)22-25-18/h3-6,11-12H,7-10H2,1-2H3. The maximum absolute atomic E-state index is 5.31. The van der Waals surface area contributed by atoms with Gasteiger partial charge in [0.05, 0.1) is 0 Å². The van der Waals surface area contributed by atoms with Crippen LogP contribution in [0.2, 0.25) is 0 Å². The van der Waals surface area contributed by atoms with E-state index in [1.807, 2.05) is 0 Å². The Hall–Kier alpha value is -2.96. The Morgan fingerprint density at radius 1 is 1.00 bits per heavy atom. The van der Waals surface area contributed by atoms with E-state index in [4.69, 9.17) is 4.52 Å². The van der Waals surface area contributed by atoms with E-state index in [0.717, 1.165) is 37.6 Å². The zero-order valence-corrected chi connectivity index (χ0v) is 14.4. The third-order valence-corrected chi connectivity index (χ3v) is 4.48. The topological polar surface area (TPSA) is 71.2 Å². The Morgan fingerprint density at radius 3 is 2.48 bits per heavy atom. The van der Waals surface area contributed by atoms with Crippen molar-refractivity contribution in [3.63, 3.8) is 0 Å². The fourth-order valence-electron chi connectivity index (χ4n) is 3.21. The van der Waals surface area contributed by atoms with E-state index in [1.165, 1.54) is 11.3 Å². The number of nitrogens with zero attached hydrogens (tertiary/aromatic N) is 6. The van der Waals surface area contributed by atoms with Crippen molar-refractivity contribution in [2.24, 2.45) is 0 Å². The molecule has 2 aromatic heterocycles. The highest BCUT2D eigenvalue weighted by Gasteiger charge is 2.23. The van der Waals surface area contributed by atoms with Gasteiger partial charge in [-0.05, 0) is 25.5 Å². The number of hydrogen-bond donors (Lipinski definition) is 0. The molecule has 0 amide bonds. The van der Waals surface area contributed by atoms with Gasteiger partial charge in [0.25, 0.3) is 5.89 Å². The molecule has 25 heavy (non-hydrogen) atoms. The zero-order valence-electron chi connectivity index (χ0n) is 14.4. The molecule has 0 N–H and O–H groups in total. The van der Waals surface area contributed by atoms with Crippen LogP contribution in [-0.4, -0.2) is 46.3 Å². The molecule has 0 spiro atoms. The smallest absolute Gasteiger partial charge is 0.263 e. The highest BCUT2D eigenvalue weighted by atomic mass is 16.5. The van der Waals surface area contributed by atoms with Crippen molar-refractivity contribution in [3.05, 3.63) is 48.2 Å². The van der Waals surface area contributed by atoms with Crippen LogP contribution in [0.15, 0.2) is 41.3 Å². The van der Waals surface area contributed by atoms with E-state index in [-0.39, 0.29) is 0 Å². The molecule has 0 saturated carbocycles. The van der Waals surface area contributed by atoms with Crippen molar-refractivity contribution < 1.29 is 4.52 Å². The van der Waals surface area contributed by atoms with E-state index in [9.17, 15) is 0 Å². The predicted molar refractivity (Wildman–Crippen MR) is 95.7 cm³/mol. The molecule has 0 bridgehead atoms. The summed E-state index contributed by atoms with van der Waals surface area (Å²) in [6, 6.07) is 8.51. The molecule has 3 heterocycles. The number of piperazine rings is 1. The zero-order chi connectivity index (χ0) is 17.2. The van der Waals surface area contributed by atoms with Crippen LogP contribution >= 0.6 is 0 Å². The van der Waals surface area contributed by atoms with Crippen LogP contribution in [0, 0.1) is 13.8 Å². The first-order valence-electron chi connectivity index (χ1n) is 8.38. The van der Waals surface area contributed by atoms with Gasteiger partial charge in [0, 0.05) is 38.1 Å². The average molecular weight is 336 g/mol. The SMILES string of the molecule is Cc1noc(-c2cncnc2N2CCN(c3ccccc3C)CC2)n1. The second-order valence-corrected chi connectivity index (χ2v) is 6.17. The van der Waals surface area contributed by atoms with Gasteiger partial charge in [-0.25, -0.2) is 9.97 Å². The summed E-state index contributed by atoms with van der Waals surface area (Å²) in [6.07, 6.45) is 3.30. The summed E-state index contributed by atoms with van der Waals surface area (Å²) in [6.45, 7) is 7.60. The number of benzene rings is 1. The summed E-state index contributed by atoms with van der Waals surface area (Å²) in [5, 5.41) is 3.87. The Bertz CT molecular complexity index is 869. The molecule has 1 fully saturated rings. The highest BCUT2D eigenvalue weighted by molar-refractivity contribution is 5.69. The number of para-hydroxylation sites is 1. The van der Waals surface area contributed by atoms with Gasteiger partial charge in [0.15, 0.2) is 5.82 Å². The molecular weight excluding hydrogens is 316 g/mol. The van der Waals surface area contributed by atoms with E-state index in [2.05, 4.69) is 61.1 Å². The number of aromatic nitrogens is 4. The molecule has 1 saturated heterocycles. The van der Waals surface area contributed by atoms with Gasteiger partial charge in [-0.1, -0.05) is 23.4 Å². The van der Waals surface area contributed by atoms with Gasteiger partial charge in [-0.15, -0.1) is 0 Å². The van der Waals surface area contributed by atoms with Crippen molar-refractivity contribution in [1.82, 2.24) is 20.1 Å². The first kappa shape index (κ1) is 15.6. The second-order valence-electron chi connectivity index (χ2n) is 6.17. The molecule has 1 aliphatic heterocycles. The molecule has 7 heteroatoms. The van der Waals surface area contributed by atoms with Crippen LogP contribution in [0.4, 0.5) is 11.5 Å². The van der Waals surface area contributed by atoms with Gasteiger partial charge in [0.2, 0.25) is 0 Å². The van der Waals surface area contributed by atoms with Crippen LogP contribution in [0.1, 0.15) is 11.4 Å². The largest absolute Gasteiger partial charge is 0.368 e. The van der Waals surface area contributed by atoms with Crippen LogP contribution in [-0.2, 0) is 0 Å². The molecule has 0 aliphatic carbocycles. The van der Waals surface area contributed by atoms with Crippen molar-refractivity contribution in [2.75, 3.05) is 36.0 Å². The Labute approximate surface area is 146 Å². The van der Waals surface area contributed by atoms with Crippen molar-refractivity contribution >= 4 is 11.5 Å². The van der Waals surface area contributed by atoms with Crippen molar-refractivity contribution in [3.8, 4) is 11.5 Å². The lowest BCUT2D eigenvalue weighted by atomic mass is 10.1. The van der Waals surface area contributed by atoms with Crippen LogP contribution in [0.3, 0.4) is 0 Å². The first-order chi connectivity index (χ1) is 12.2. The lowest BCUT2D eigenvalue weighted by Crippen LogP contribution is -2.47. The summed E-state index contributed by atoms with van der Waals surface area (Å²) in [4.78, 5) is 17.6. The number of anilines is 2. The van der Waals surface area contributed by atoms with Gasteiger partial charge in [-0.3, -0.25) is 0 Å². The monoisotopic (exact) mass is 336 g/mol.